The fourth-order valence-corrected chi connectivity index (χ4v) is 2.55. The molecule has 1 aliphatic heterocycles. The van der Waals surface area contributed by atoms with E-state index in [4.69, 9.17) is 9.47 Å². The minimum absolute atomic E-state index is 0.372. The highest BCUT2D eigenvalue weighted by Crippen LogP contribution is 2.28. The summed E-state index contributed by atoms with van der Waals surface area (Å²) in [4.78, 5) is 0. The summed E-state index contributed by atoms with van der Waals surface area (Å²) < 4.78 is 11.0. The summed E-state index contributed by atoms with van der Waals surface area (Å²) in [6.45, 7) is 4.59. The lowest BCUT2D eigenvalue weighted by molar-refractivity contribution is 0.0435. The summed E-state index contributed by atoms with van der Waals surface area (Å²) in [6.07, 6.45) is 4.81. The van der Waals surface area contributed by atoms with Crippen molar-refractivity contribution >= 4 is 0 Å². The van der Waals surface area contributed by atoms with Crippen molar-refractivity contribution in [1.29, 1.82) is 0 Å². The number of aliphatic hydroxyl groups is 1. The molecule has 0 amide bonds. The number of aliphatic hydroxyl groups excluding tert-OH is 1. The van der Waals surface area contributed by atoms with Crippen molar-refractivity contribution in [1.82, 2.24) is 0 Å². The minimum atomic E-state index is -0.372. The molecule has 0 spiro atoms. The van der Waals surface area contributed by atoms with Crippen LogP contribution in [0.1, 0.15) is 50.7 Å². The van der Waals surface area contributed by atoms with Crippen LogP contribution in [0.5, 0.6) is 5.75 Å². The Labute approximate surface area is 121 Å². The van der Waals surface area contributed by atoms with Gasteiger partial charge in [0.25, 0.3) is 0 Å². The molecule has 1 aromatic carbocycles. The molecule has 0 bridgehead atoms. The third-order valence-electron chi connectivity index (χ3n) is 3.93. The predicted molar refractivity (Wildman–Crippen MR) is 80.0 cm³/mol. The van der Waals surface area contributed by atoms with Crippen molar-refractivity contribution < 1.29 is 14.6 Å². The van der Waals surface area contributed by atoms with E-state index in [1.54, 1.807) is 0 Å². The topological polar surface area (TPSA) is 38.7 Å². The molecule has 1 aliphatic rings. The van der Waals surface area contributed by atoms with Gasteiger partial charge in [0, 0.05) is 13.2 Å². The van der Waals surface area contributed by atoms with E-state index in [-0.39, 0.29) is 6.10 Å². The van der Waals surface area contributed by atoms with E-state index in [1.165, 1.54) is 0 Å². The molecule has 1 N–H and O–H groups in total. The highest BCUT2D eigenvalue weighted by Gasteiger charge is 2.18. The minimum Gasteiger partial charge on any atom is -0.494 e. The standard InChI is InChI=1S/C17H26O3/c1-2-3-10-20-16-6-4-15(5-7-16)17(18)13-14-8-11-19-12-9-14/h4-7,14,17-18H,2-3,8-13H2,1H3. The van der Waals surface area contributed by atoms with Gasteiger partial charge in [-0.2, -0.15) is 0 Å². The van der Waals surface area contributed by atoms with Crippen molar-refractivity contribution in [2.75, 3.05) is 19.8 Å². The highest BCUT2D eigenvalue weighted by atomic mass is 16.5. The number of unbranched alkanes of at least 4 members (excludes halogenated alkanes) is 1. The molecule has 20 heavy (non-hydrogen) atoms. The Bertz CT molecular complexity index is 368. The van der Waals surface area contributed by atoms with E-state index in [0.29, 0.717) is 5.92 Å². The molecule has 1 unspecified atom stereocenters. The van der Waals surface area contributed by atoms with Gasteiger partial charge in [-0.1, -0.05) is 25.5 Å². The Balaban J connectivity index is 1.81. The summed E-state index contributed by atoms with van der Waals surface area (Å²) in [5.41, 5.74) is 0.985. The monoisotopic (exact) mass is 278 g/mol. The molecule has 0 radical (unpaired) electrons. The van der Waals surface area contributed by atoms with Gasteiger partial charge in [0.15, 0.2) is 0 Å². The van der Waals surface area contributed by atoms with Gasteiger partial charge in [-0.15, -0.1) is 0 Å². The molecule has 0 saturated carbocycles. The molecule has 1 saturated heterocycles. The molecule has 112 valence electrons. The maximum Gasteiger partial charge on any atom is 0.119 e. The van der Waals surface area contributed by atoms with Crippen LogP contribution in [-0.4, -0.2) is 24.9 Å². The number of hydrogen-bond donors (Lipinski definition) is 1. The first-order valence-electron chi connectivity index (χ1n) is 7.78. The van der Waals surface area contributed by atoms with Crippen molar-refractivity contribution in [2.24, 2.45) is 5.92 Å². The van der Waals surface area contributed by atoms with E-state index >= 15 is 0 Å². The fraction of sp³-hybridized carbons (Fsp3) is 0.647. The average Bonchev–Trinajstić information content (AvgIpc) is 2.49. The van der Waals surface area contributed by atoms with Crippen LogP contribution in [0.15, 0.2) is 24.3 Å². The van der Waals surface area contributed by atoms with Crippen LogP contribution in [0.2, 0.25) is 0 Å². The van der Waals surface area contributed by atoms with E-state index in [0.717, 1.165) is 63.2 Å². The molecule has 1 fully saturated rings. The van der Waals surface area contributed by atoms with Gasteiger partial charge >= 0.3 is 0 Å². The van der Waals surface area contributed by atoms with Crippen LogP contribution in [0.4, 0.5) is 0 Å². The zero-order valence-corrected chi connectivity index (χ0v) is 12.4. The van der Waals surface area contributed by atoms with E-state index < -0.39 is 0 Å². The maximum absolute atomic E-state index is 10.3. The molecule has 1 heterocycles. The zero-order chi connectivity index (χ0) is 14.2. The van der Waals surface area contributed by atoms with E-state index in [1.807, 2.05) is 24.3 Å². The van der Waals surface area contributed by atoms with Crippen molar-refractivity contribution in [3.05, 3.63) is 29.8 Å². The van der Waals surface area contributed by atoms with Gasteiger partial charge in [-0.25, -0.2) is 0 Å². The van der Waals surface area contributed by atoms with Crippen LogP contribution in [0, 0.1) is 5.92 Å². The molecule has 1 atom stereocenters. The van der Waals surface area contributed by atoms with Gasteiger partial charge in [0.05, 0.1) is 12.7 Å². The van der Waals surface area contributed by atoms with Gasteiger partial charge in [0.2, 0.25) is 0 Å². The SMILES string of the molecule is CCCCOc1ccc(C(O)CC2CCOCC2)cc1. The molecule has 2 rings (SSSR count). The second-order valence-corrected chi connectivity index (χ2v) is 5.58. The molecule has 0 aromatic heterocycles. The second-order valence-electron chi connectivity index (χ2n) is 5.58. The Morgan fingerprint density at radius 2 is 1.95 bits per heavy atom. The van der Waals surface area contributed by atoms with Gasteiger partial charge in [0.1, 0.15) is 5.75 Å². The molecular formula is C17H26O3. The average molecular weight is 278 g/mol. The third-order valence-corrected chi connectivity index (χ3v) is 3.93. The van der Waals surface area contributed by atoms with Crippen LogP contribution in [-0.2, 0) is 4.74 Å². The Kier molecular flexibility index (Phi) is 6.34. The second kappa shape index (κ2) is 8.28. The highest BCUT2D eigenvalue weighted by molar-refractivity contribution is 5.28. The third kappa shape index (κ3) is 4.80. The van der Waals surface area contributed by atoms with Gasteiger partial charge < -0.3 is 14.6 Å². The predicted octanol–water partition coefficient (Wildman–Crippen LogP) is 3.72. The molecule has 3 heteroatoms. The van der Waals surface area contributed by atoms with E-state index in [9.17, 15) is 5.11 Å². The summed E-state index contributed by atoms with van der Waals surface area (Å²) in [5, 5.41) is 10.3. The number of ether oxygens (including phenoxy) is 2. The lowest BCUT2D eigenvalue weighted by atomic mass is 9.91. The van der Waals surface area contributed by atoms with Crippen LogP contribution in [0.25, 0.3) is 0 Å². The van der Waals surface area contributed by atoms with Crippen LogP contribution in [0.3, 0.4) is 0 Å². The molecule has 0 aliphatic carbocycles. The van der Waals surface area contributed by atoms with Crippen molar-refractivity contribution in [3.63, 3.8) is 0 Å². The first kappa shape index (κ1) is 15.3. The van der Waals surface area contributed by atoms with Crippen LogP contribution < -0.4 is 4.74 Å². The smallest absolute Gasteiger partial charge is 0.119 e. The van der Waals surface area contributed by atoms with Crippen molar-refractivity contribution in [3.8, 4) is 5.75 Å². The van der Waals surface area contributed by atoms with Gasteiger partial charge in [-0.05, 0) is 49.3 Å². The number of benzene rings is 1. The first-order chi connectivity index (χ1) is 9.79. The Morgan fingerprint density at radius 3 is 2.60 bits per heavy atom. The largest absolute Gasteiger partial charge is 0.494 e. The van der Waals surface area contributed by atoms with E-state index in [2.05, 4.69) is 6.92 Å². The molecule has 3 nitrogen and oxygen atoms in total. The summed E-state index contributed by atoms with van der Waals surface area (Å²) in [6, 6.07) is 7.87. The Morgan fingerprint density at radius 1 is 1.25 bits per heavy atom. The summed E-state index contributed by atoms with van der Waals surface area (Å²) in [5.74, 6) is 1.47. The summed E-state index contributed by atoms with van der Waals surface area (Å²) >= 11 is 0. The fourth-order valence-electron chi connectivity index (χ4n) is 2.55. The molecule has 1 aromatic rings. The lowest BCUT2D eigenvalue weighted by Gasteiger charge is -2.24. The lowest BCUT2D eigenvalue weighted by Crippen LogP contribution is -2.18. The quantitative estimate of drug-likeness (QED) is 0.773. The van der Waals surface area contributed by atoms with Crippen LogP contribution >= 0.6 is 0 Å². The maximum atomic E-state index is 10.3. The zero-order valence-electron chi connectivity index (χ0n) is 12.4. The number of hydrogen-bond acceptors (Lipinski definition) is 3. The normalized spacial score (nSPS) is 17.9. The number of rotatable bonds is 7. The van der Waals surface area contributed by atoms with Gasteiger partial charge in [-0.3, -0.25) is 0 Å². The Hall–Kier alpha value is -1.06. The molecular weight excluding hydrogens is 252 g/mol. The first-order valence-corrected chi connectivity index (χ1v) is 7.78. The summed E-state index contributed by atoms with van der Waals surface area (Å²) in [7, 11) is 0. The van der Waals surface area contributed by atoms with Crippen molar-refractivity contribution in [2.45, 2.75) is 45.1 Å².